The average molecular weight is 248 g/mol. The van der Waals surface area contributed by atoms with Gasteiger partial charge in [0.05, 0.1) is 12.8 Å². The van der Waals surface area contributed by atoms with Crippen LogP contribution in [0.1, 0.15) is 31.2 Å². The van der Waals surface area contributed by atoms with E-state index in [2.05, 4.69) is 0 Å². The summed E-state index contributed by atoms with van der Waals surface area (Å²) < 4.78 is 5.38. The van der Waals surface area contributed by atoms with Crippen LogP contribution in [0.5, 0.6) is 5.75 Å². The van der Waals surface area contributed by atoms with Crippen molar-refractivity contribution < 1.29 is 9.53 Å². The highest BCUT2D eigenvalue weighted by molar-refractivity contribution is 5.96. The Morgan fingerprint density at radius 2 is 2.17 bits per heavy atom. The zero-order valence-corrected chi connectivity index (χ0v) is 10.8. The molecule has 0 atom stereocenters. The number of amides is 1. The van der Waals surface area contributed by atoms with Crippen LogP contribution in [0.15, 0.2) is 18.2 Å². The maximum absolute atomic E-state index is 12.2. The first-order valence-electron chi connectivity index (χ1n) is 6.44. The first kappa shape index (κ1) is 12.9. The highest BCUT2D eigenvalue weighted by Crippen LogP contribution is 2.33. The molecule has 1 aliphatic heterocycles. The summed E-state index contributed by atoms with van der Waals surface area (Å²) in [5, 5.41) is 0. The number of benzene rings is 1. The fourth-order valence-electron chi connectivity index (χ4n) is 2.42. The Kier molecular flexibility index (Phi) is 4.20. The molecule has 0 aliphatic carbocycles. The molecule has 0 bridgehead atoms. The Morgan fingerprint density at radius 1 is 1.33 bits per heavy atom. The zero-order valence-electron chi connectivity index (χ0n) is 10.8. The molecule has 0 spiro atoms. The molecular weight excluding hydrogens is 228 g/mol. The Hall–Kier alpha value is -1.55. The van der Waals surface area contributed by atoms with E-state index in [1.807, 2.05) is 23.1 Å². The van der Waals surface area contributed by atoms with Gasteiger partial charge in [0, 0.05) is 19.5 Å². The van der Waals surface area contributed by atoms with Crippen molar-refractivity contribution in [1.82, 2.24) is 0 Å². The SMILES string of the molecule is COc1cccc(CN)c1N1CCCCCC1=O. The lowest BCUT2D eigenvalue weighted by atomic mass is 10.1. The third-order valence-electron chi connectivity index (χ3n) is 3.37. The number of para-hydroxylation sites is 1. The molecule has 2 N–H and O–H groups in total. The number of hydrogen-bond donors (Lipinski definition) is 1. The van der Waals surface area contributed by atoms with E-state index in [0.29, 0.717) is 13.0 Å². The number of ether oxygens (including phenoxy) is 1. The van der Waals surface area contributed by atoms with Crippen LogP contribution in [-0.2, 0) is 11.3 Å². The summed E-state index contributed by atoms with van der Waals surface area (Å²) in [5.41, 5.74) is 7.59. The van der Waals surface area contributed by atoms with E-state index >= 15 is 0 Å². The topological polar surface area (TPSA) is 55.6 Å². The Bertz CT molecular complexity index is 410. The van der Waals surface area contributed by atoms with Gasteiger partial charge in [-0.05, 0) is 24.5 Å². The second-order valence-electron chi connectivity index (χ2n) is 4.53. The average Bonchev–Trinajstić information content (AvgIpc) is 2.62. The molecule has 4 nitrogen and oxygen atoms in total. The van der Waals surface area contributed by atoms with E-state index in [9.17, 15) is 4.79 Å². The van der Waals surface area contributed by atoms with Gasteiger partial charge in [0.25, 0.3) is 0 Å². The van der Waals surface area contributed by atoms with Crippen molar-refractivity contribution in [3.63, 3.8) is 0 Å². The molecule has 1 amide bonds. The van der Waals surface area contributed by atoms with Gasteiger partial charge in [-0.25, -0.2) is 0 Å². The fraction of sp³-hybridized carbons (Fsp3) is 0.500. The van der Waals surface area contributed by atoms with Crippen LogP contribution in [-0.4, -0.2) is 19.6 Å². The summed E-state index contributed by atoms with van der Waals surface area (Å²) in [6.45, 7) is 1.17. The predicted molar refractivity (Wildman–Crippen MR) is 71.7 cm³/mol. The van der Waals surface area contributed by atoms with Crippen LogP contribution in [0.4, 0.5) is 5.69 Å². The lowest BCUT2D eigenvalue weighted by Gasteiger charge is -2.25. The van der Waals surface area contributed by atoms with E-state index in [1.165, 1.54) is 0 Å². The molecule has 1 saturated heterocycles. The summed E-state index contributed by atoms with van der Waals surface area (Å²) in [4.78, 5) is 14.0. The lowest BCUT2D eigenvalue weighted by molar-refractivity contribution is -0.118. The minimum Gasteiger partial charge on any atom is -0.495 e. The summed E-state index contributed by atoms with van der Waals surface area (Å²) in [7, 11) is 1.63. The standard InChI is InChI=1S/C14H20N2O2/c1-18-12-7-5-6-11(10-15)14(12)16-9-4-2-3-8-13(16)17/h5-7H,2-4,8-10,15H2,1H3. The summed E-state index contributed by atoms with van der Waals surface area (Å²) >= 11 is 0. The monoisotopic (exact) mass is 248 g/mol. The van der Waals surface area contributed by atoms with Crippen LogP contribution in [0, 0.1) is 0 Å². The van der Waals surface area contributed by atoms with E-state index < -0.39 is 0 Å². The predicted octanol–water partition coefficient (Wildman–Crippen LogP) is 2.06. The second kappa shape index (κ2) is 5.87. The van der Waals surface area contributed by atoms with Crippen molar-refractivity contribution in [1.29, 1.82) is 0 Å². The quantitative estimate of drug-likeness (QED) is 0.890. The van der Waals surface area contributed by atoms with Crippen molar-refractivity contribution in [3.05, 3.63) is 23.8 Å². The van der Waals surface area contributed by atoms with Crippen molar-refractivity contribution in [2.45, 2.75) is 32.2 Å². The van der Waals surface area contributed by atoms with Crippen LogP contribution in [0.25, 0.3) is 0 Å². The van der Waals surface area contributed by atoms with Gasteiger partial charge < -0.3 is 15.4 Å². The van der Waals surface area contributed by atoms with Crippen LogP contribution < -0.4 is 15.4 Å². The first-order chi connectivity index (χ1) is 8.77. The number of carbonyl (C=O) groups excluding carboxylic acids is 1. The molecule has 4 heteroatoms. The van der Waals surface area contributed by atoms with Crippen molar-refractivity contribution in [3.8, 4) is 5.75 Å². The lowest BCUT2D eigenvalue weighted by Crippen LogP contribution is -2.31. The van der Waals surface area contributed by atoms with E-state index in [4.69, 9.17) is 10.5 Å². The van der Waals surface area contributed by atoms with Crippen molar-refractivity contribution >= 4 is 11.6 Å². The van der Waals surface area contributed by atoms with Gasteiger partial charge in [-0.2, -0.15) is 0 Å². The summed E-state index contributed by atoms with van der Waals surface area (Å²) in [6.07, 6.45) is 3.73. The molecule has 1 fully saturated rings. The fourth-order valence-corrected chi connectivity index (χ4v) is 2.42. The summed E-state index contributed by atoms with van der Waals surface area (Å²) in [6, 6.07) is 5.75. The molecule has 1 aromatic rings. The van der Waals surface area contributed by atoms with Crippen LogP contribution in [0.3, 0.4) is 0 Å². The second-order valence-corrected chi connectivity index (χ2v) is 4.53. The number of methoxy groups -OCH3 is 1. The number of nitrogens with zero attached hydrogens (tertiary/aromatic N) is 1. The number of rotatable bonds is 3. The molecule has 2 rings (SSSR count). The molecule has 0 aromatic heterocycles. The molecule has 98 valence electrons. The number of carbonyl (C=O) groups is 1. The molecule has 18 heavy (non-hydrogen) atoms. The largest absolute Gasteiger partial charge is 0.495 e. The maximum Gasteiger partial charge on any atom is 0.227 e. The highest BCUT2D eigenvalue weighted by Gasteiger charge is 2.23. The molecular formula is C14H20N2O2. The first-order valence-corrected chi connectivity index (χ1v) is 6.44. The number of hydrogen-bond acceptors (Lipinski definition) is 3. The van der Waals surface area contributed by atoms with Crippen molar-refractivity contribution in [2.75, 3.05) is 18.6 Å². The highest BCUT2D eigenvalue weighted by atomic mass is 16.5. The van der Waals surface area contributed by atoms with Gasteiger partial charge in [-0.1, -0.05) is 18.6 Å². The maximum atomic E-state index is 12.2. The van der Waals surface area contributed by atoms with Gasteiger partial charge in [0.1, 0.15) is 5.75 Å². The van der Waals surface area contributed by atoms with Gasteiger partial charge in [-0.15, -0.1) is 0 Å². The molecule has 1 aliphatic rings. The third-order valence-corrected chi connectivity index (χ3v) is 3.37. The minimum absolute atomic E-state index is 0.173. The van der Waals surface area contributed by atoms with Gasteiger partial charge in [0.15, 0.2) is 0 Å². The normalized spacial score (nSPS) is 16.6. The zero-order chi connectivity index (χ0) is 13.0. The van der Waals surface area contributed by atoms with Gasteiger partial charge in [-0.3, -0.25) is 4.79 Å². The number of anilines is 1. The van der Waals surface area contributed by atoms with Gasteiger partial charge in [0.2, 0.25) is 5.91 Å². The molecule has 0 radical (unpaired) electrons. The molecule has 0 unspecified atom stereocenters. The summed E-state index contributed by atoms with van der Waals surface area (Å²) in [5.74, 6) is 0.903. The molecule has 0 saturated carbocycles. The van der Waals surface area contributed by atoms with Crippen LogP contribution in [0.2, 0.25) is 0 Å². The van der Waals surface area contributed by atoms with Crippen LogP contribution >= 0.6 is 0 Å². The Labute approximate surface area is 108 Å². The number of nitrogens with two attached hydrogens (primary N) is 1. The van der Waals surface area contributed by atoms with Crippen molar-refractivity contribution in [2.24, 2.45) is 5.73 Å². The molecule has 1 aromatic carbocycles. The van der Waals surface area contributed by atoms with E-state index in [0.717, 1.165) is 42.8 Å². The van der Waals surface area contributed by atoms with E-state index in [-0.39, 0.29) is 5.91 Å². The molecule has 1 heterocycles. The Morgan fingerprint density at radius 3 is 2.89 bits per heavy atom. The smallest absolute Gasteiger partial charge is 0.227 e. The Balaban J connectivity index is 2.43. The third kappa shape index (κ3) is 2.48. The van der Waals surface area contributed by atoms with Gasteiger partial charge >= 0.3 is 0 Å². The minimum atomic E-state index is 0.173. The van der Waals surface area contributed by atoms with E-state index in [1.54, 1.807) is 7.11 Å².